The van der Waals surface area contributed by atoms with Crippen molar-refractivity contribution in [3.05, 3.63) is 11.1 Å². The predicted molar refractivity (Wildman–Crippen MR) is 68.7 cm³/mol. The number of alkyl halides is 1. The van der Waals surface area contributed by atoms with Gasteiger partial charge in [-0.2, -0.15) is 4.98 Å². The van der Waals surface area contributed by atoms with Crippen molar-refractivity contribution in [2.24, 2.45) is 5.41 Å². The lowest BCUT2D eigenvalue weighted by Crippen LogP contribution is -2.32. The van der Waals surface area contributed by atoms with Gasteiger partial charge in [-0.3, -0.25) is 10.1 Å². The maximum atomic E-state index is 11.9. The zero-order valence-corrected chi connectivity index (χ0v) is 11.4. The zero-order chi connectivity index (χ0) is 12.6. The van der Waals surface area contributed by atoms with Crippen LogP contribution in [0.15, 0.2) is 5.38 Å². The van der Waals surface area contributed by atoms with E-state index in [1.165, 1.54) is 11.3 Å². The molecule has 0 aliphatic heterocycles. The smallest absolute Gasteiger partial charge is 0.250 e. The second-order valence-electron chi connectivity index (χ2n) is 4.48. The molecule has 0 atom stereocenters. The van der Waals surface area contributed by atoms with Crippen molar-refractivity contribution >= 4 is 39.8 Å². The van der Waals surface area contributed by atoms with Gasteiger partial charge in [0.2, 0.25) is 16.8 Å². The van der Waals surface area contributed by atoms with Crippen molar-refractivity contribution in [2.75, 3.05) is 11.2 Å². The Morgan fingerprint density at radius 1 is 1.65 bits per heavy atom. The highest BCUT2D eigenvalue weighted by Gasteiger charge is 2.27. The first-order valence-electron chi connectivity index (χ1n) is 5.12. The Morgan fingerprint density at radius 2 is 2.35 bits per heavy atom. The van der Waals surface area contributed by atoms with E-state index >= 15 is 0 Å². The third kappa shape index (κ3) is 2.28. The van der Waals surface area contributed by atoms with Crippen molar-refractivity contribution in [3.8, 4) is 0 Å². The largest absolute Gasteiger partial charge is 0.293 e. The number of rotatable bonds is 3. The number of amides is 1. The molecule has 0 fully saturated rings. The molecule has 2 aromatic heterocycles. The molecular weight excluding hydrogens is 260 g/mol. The van der Waals surface area contributed by atoms with E-state index in [2.05, 4.69) is 15.4 Å². The molecule has 2 aromatic rings. The third-order valence-corrected chi connectivity index (χ3v) is 4.02. The van der Waals surface area contributed by atoms with Gasteiger partial charge in [0.05, 0.1) is 11.1 Å². The Balaban J connectivity index is 2.21. The molecule has 0 spiro atoms. The van der Waals surface area contributed by atoms with Crippen LogP contribution in [0.5, 0.6) is 0 Å². The van der Waals surface area contributed by atoms with Gasteiger partial charge >= 0.3 is 0 Å². The monoisotopic (exact) mass is 272 g/mol. The highest BCUT2D eigenvalue weighted by atomic mass is 35.5. The summed E-state index contributed by atoms with van der Waals surface area (Å²) in [5.41, 5.74) is 0.365. The average Bonchev–Trinajstić information content (AvgIpc) is 2.81. The van der Waals surface area contributed by atoms with Gasteiger partial charge in [0.1, 0.15) is 0 Å². The van der Waals surface area contributed by atoms with Crippen LogP contribution >= 0.6 is 22.9 Å². The van der Waals surface area contributed by atoms with Crippen molar-refractivity contribution in [1.82, 2.24) is 14.6 Å². The van der Waals surface area contributed by atoms with E-state index in [0.717, 1.165) is 10.7 Å². The molecule has 0 aliphatic rings. The second kappa shape index (κ2) is 4.27. The van der Waals surface area contributed by atoms with Gasteiger partial charge in [0, 0.05) is 11.3 Å². The van der Waals surface area contributed by atoms with Crippen LogP contribution in [0.2, 0.25) is 0 Å². The first-order valence-corrected chi connectivity index (χ1v) is 6.54. The Kier molecular flexibility index (Phi) is 3.09. The molecule has 7 heteroatoms. The van der Waals surface area contributed by atoms with Gasteiger partial charge in [-0.25, -0.2) is 4.52 Å². The molecule has 0 unspecified atom stereocenters. The molecule has 0 aliphatic carbocycles. The van der Waals surface area contributed by atoms with Crippen LogP contribution in [0.25, 0.3) is 4.96 Å². The lowest BCUT2D eigenvalue weighted by Gasteiger charge is -2.18. The van der Waals surface area contributed by atoms with Crippen LogP contribution in [0.1, 0.15) is 19.5 Å². The molecule has 0 radical (unpaired) electrons. The number of thiazole rings is 1. The average molecular weight is 273 g/mol. The molecule has 92 valence electrons. The van der Waals surface area contributed by atoms with E-state index in [1.807, 2.05) is 12.3 Å². The quantitative estimate of drug-likeness (QED) is 0.872. The first-order chi connectivity index (χ1) is 7.94. The molecule has 0 saturated heterocycles. The number of nitrogens with one attached hydrogen (secondary N) is 1. The zero-order valence-electron chi connectivity index (χ0n) is 9.82. The lowest BCUT2D eigenvalue weighted by molar-refractivity contribution is -0.123. The summed E-state index contributed by atoms with van der Waals surface area (Å²) < 4.78 is 1.70. The molecule has 5 nitrogen and oxygen atoms in total. The van der Waals surface area contributed by atoms with E-state index in [9.17, 15) is 4.79 Å². The minimum Gasteiger partial charge on any atom is -0.293 e. The van der Waals surface area contributed by atoms with Gasteiger partial charge in [-0.05, 0) is 20.8 Å². The van der Waals surface area contributed by atoms with E-state index < -0.39 is 5.41 Å². The standard InChI is InChI=1S/C10H13ClN4OS/c1-6-4-17-9-13-8(14-15(6)9)12-7(16)10(2,3)5-11/h4H,5H2,1-3H3,(H,12,14,16). The number of halogens is 1. The number of hydrogen-bond donors (Lipinski definition) is 1. The summed E-state index contributed by atoms with van der Waals surface area (Å²) in [6.45, 7) is 5.49. The number of fused-ring (bicyclic) bond motifs is 1. The van der Waals surface area contributed by atoms with Gasteiger partial charge in [0.15, 0.2) is 0 Å². The van der Waals surface area contributed by atoms with Gasteiger partial charge in [-0.15, -0.1) is 28.0 Å². The summed E-state index contributed by atoms with van der Waals surface area (Å²) >= 11 is 7.22. The third-order valence-electron chi connectivity index (χ3n) is 2.42. The Labute approximate surface area is 108 Å². The summed E-state index contributed by atoms with van der Waals surface area (Å²) in [6.07, 6.45) is 0. The Morgan fingerprint density at radius 3 is 2.94 bits per heavy atom. The number of carbonyl (C=O) groups is 1. The number of hydrogen-bond acceptors (Lipinski definition) is 4. The highest BCUT2D eigenvalue weighted by molar-refractivity contribution is 7.15. The molecule has 1 amide bonds. The first kappa shape index (κ1) is 12.3. The van der Waals surface area contributed by atoms with Gasteiger partial charge in [0.25, 0.3) is 0 Å². The van der Waals surface area contributed by atoms with E-state index in [0.29, 0.717) is 5.95 Å². The van der Waals surface area contributed by atoms with Crippen LogP contribution in [0.4, 0.5) is 5.95 Å². The Bertz CT molecular complexity index is 560. The molecule has 0 aromatic carbocycles. The van der Waals surface area contributed by atoms with Crippen LogP contribution in [0, 0.1) is 12.3 Å². The fourth-order valence-corrected chi connectivity index (χ4v) is 2.10. The van der Waals surface area contributed by atoms with Crippen molar-refractivity contribution in [1.29, 1.82) is 0 Å². The van der Waals surface area contributed by atoms with Crippen molar-refractivity contribution in [3.63, 3.8) is 0 Å². The molecule has 2 heterocycles. The second-order valence-corrected chi connectivity index (χ2v) is 5.58. The summed E-state index contributed by atoms with van der Waals surface area (Å²) in [5, 5.41) is 8.84. The molecule has 17 heavy (non-hydrogen) atoms. The predicted octanol–water partition coefficient (Wildman–Crippen LogP) is 2.30. The molecule has 0 saturated carbocycles. The SMILES string of the molecule is Cc1csc2nc(NC(=O)C(C)(C)CCl)nn12. The van der Waals surface area contributed by atoms with Crippen LogP contribution in [-0.4, -0.2) is 26.4 Å². The number of aromatic nitrogens is 3. The summed E-state index contributed by atoms with van der Waals surface area (Å²) in [7, 11) is 0. The molecular formula is C10H13ClN4OS. The number of anilines is 1. The minimum absolute atomic E-state index is 0.177. The Hall–Kier alpha value is -1.14. The van der Waals surface area contributed by atoms with E-state index in [1.54, 1.807) is 18.4 Å². The molecule has 1 N–H and O–H groups in total. The van der Waals surface area contributed by atoms with Gasteiger partial charge in [-0.1, -0.05) is 0 Å². The molecule has 0 bridgehead atoms. The lowest BCUT2D eigenvalue weighted by atomic mass is 9.95. The number of aryl methyl sites for hydroxylation is 1. The fraction of sp³-hybridized carbons (Fsp3) is 0.500. The highest BCUT2D eigenvalue weighted by Crippen LogP contribution is 2.20. The summed E-state index contributed by atoms with van der Waals surface area (Å²) in [6, 6.07) is 0. The van der Waals surface area contributed by atoms with Crippen molar-refractivity contribution < 1.29 is 4.79 Å². The topological polar surface area (TPSA) is 59.3 Å². The normalized spacial score (nSPS) is 12.0. The van der Waals surface area contributed by atoms with Crippen LogP contribution in [0.3, 0.4) is 0 Å². The maximum Gasteiger partial charge on any atom is 0.250 e. The molecule has 2 rings (SSSR count). The fourth-order valence-electron chi connectivity index (χ4n) is 1.18. The summed E-state index contributed by atoms with van der Waals surface area (Å²) in [5.74, 6) is 0.395. The maximum absolute atomic E-state index is 11.9. The number of carbonyl (C=O) groups excluding carboxylic acids is 1. The van der Waals surface area contributed by atoms with Crippen LogP contribution < -0.4 is 5.32 Å². The minimum atomic E-state index is -0.630. The van der Waals surface area contributed by atoms with E-state index in [-0.39, 0.29) is 11.8 Å². The van der Waals surface area contributed by atoms with E-state index in [4.69, 9.17) is 11.6 Å². The summed E-state index contributed by atoms with van der Waals surface area (Å²) in [4.78, 5) is 16.8. The van der Waals surface area contributed by atoms with Gasteiger partial charge < -0.3 is 0 Å². The number of nitrogens with zero attached hydrogens (tertiary/aromatic N) is 3. The van der Waals surface area contributed by atoms with Crippen molar-refractivity contribution in [2.45, 2.75) is 20.8 Å². The van der Waals surface area contributed by atoms with Crippen LogP contribution in [-0.2, 0) is 4.79 Å².